The molecule has 5 heteroatoms. The molecular weight excluding hydrogens is 320 g/mol. The highest BCUT2D eigenvalue weighted by Crippen LogP contribution is 2.36. The van der Waals surface area contributed by atoms with Crippen molar-refractivity contribution >= 4 is 11.0 Å². The maximum absolute atomic E-state index is 13.1. The van der Waals surface area contributed by atoms with Crippen LogP contribution in [0.15, 0.2) is 39.5 Å². The number of hydrogen-bond acceptors (Lipinski definition) is 5. The maximum Gasteiger partial charge on any atom is 0.200 e. The van der Waals surface area contributed by atoms with Gasteiger partial charge in [0, 0.05) is 5.56 Å². The molecule has 0 saturated heterocycles. The number of benzene rings is 2. The molecule has 0 aliphatic carbocycles. The number of methoxy groups -OCH3 is 1. The highest BCUT2D eigenvalue weighted by molar-refractivity contribution is 5.86. The molecule has 3 aromatic rings. The van der Waals surface area contributed by atoms with Gasteiger partial charge in [-0.25, -0.2) is 0 Å². The first kappa shape index (κ1) is 15.6. The van der Waals surface area contributed by atoms with E-state index in [0.717, 1.165) is 11.1 Å². The summed E-state index contributed by atoms with van der Waals surface area (Å²) < 4.78 is 22.5. The van der Waals surface area contributed by atoms with E-state index in [1.165, 1.54) is 0 Å². The van der Waals surface area contributed by atoms with Gasteiger partial charge in [0.15, 0.2) is 11.5 Å². The van der Waals surface area contributed by atoms with E-state index in [9.17, 15) is 4.79 Å². The molecule has 0 fully saturated rings. The van der Waals surface area contributed by atoms with Gasteiger partial charge in [0.2, 0.25) is 5.43 Å². The third-order valence-corrected chi connectivity index (χ3v) is 4.49. The number of rotatable bonds is 2. The molecule has 0 unspecified atom stereocenters. The number of ether oxygens (including phenoxy) is 3. The molecule has 1 aliphatic rings. The van der Waals surface area contributed by atoms with Crippen molar-refractivity contribution < 1.29 is 18.6 Å². The van der Waals surface area contributed by atoms with Gasteiger partial charge in [-0.1, -0.05) is 6.07 Å². The van der Waals surface area contributed by atoms with E-state index in [2.05, 4.69) is 0 Å². The summed E-state index contributed by atoms with van der Waals surface area (Å²) in [7, 11) is 1.60. The Labute approximate surface area is 144 Å². The Kier molecular flexibility index (Phi) is 3.64. The van der Waals surface area contributed by atoms with Crippen molar-refractivity contribution in [3.8, 4) is 28.4 Å². The molecule has 4 rings (SSSR count). The molecule has 0 N–H and O–H groups in total. The van der Waals surface area contributed by atoms with Gasteiger partial charge in [0.1, 0.15) is 30.3 Å². The van der Waals surface area contributed by atoms with Crippen LogP contribution in [0.2, 0.25) is 0 Å². The van der Waals surface area contributed by atoms with E-state index in [0.29, 0.717) is 52.8 Å². The van der Waals surface area contributed by atoms with Crippen molar-refractivity contribution in [2.75, 3.05) is 20.3 Å². The zero-order valence-corrected chi connectivity index (χ0v) is 14.3. The normalized spacial score (nSPS) is 13.1. The number of fused-ring (bicyclic) bond motifs is 2. The average Bonchev–Trinajstić information content (AvgIpc) is 2.62. The number of aryl methyl sites for hydroxylation is 2. The molecule has 2 aromatic carbocycles. The topological polar surface area (TPSA) is 57.9 Å². The molecule has 0 radical (unpaired) electrons. The summed E-state index contributed by atoms with van der Waals surface area (Å²) in [6.45, 7) is 4.71. The second kappa shape index (κ2) is 5.84. The lowest BCUT2D eigenvalue weighted by atomic mass is 10.0. The lowest BCUT2D eigenvalue weighted by molar-refractivity contribution is 0.171. The predicted octanol–water partition coefficient (Wildman–Crippen LogP) is 3.86. The van der Waals surface area contributed by atoms with Crippen molar-refractivity contribution in [3.63, 3.8) is 0 Å². The largest absolute Gasteiger partial charge is 0.496 e. The van der Waals surface area contributed by atoms with Gasteiger partial charge >= 0.3 is 0 Å². The van der Waals surface area contributed by atoms with Gasteiger partial charge in [0.05, 0.1) is 18.1 Å². The van der Waals surface area contributed by atoms with Crippen LogP contribution in [0.4, 0.5) is 0 Å². The Bertz CT molecular complexity index is 1030. The van der Waals surface area contributed by atoms with Gasteiger partial charge < -0.3 is 18.6 Å². The molecule has 25 heavy (non-hydrogen) atoms. The van der Waals surface area contributed by atoms with Gasteiger partial charge in [-0.15, -0.1) is 0 Å². The van der Waals surface area contributed by atoms with Crippen LogP contribution in [0.5, 0.6) is 17.2 Å². The van der Waals surface area contributed by atoms with Crippen LogP contribution < -0.4 is 19.6 Å². The van der Waals surface area contributed by atoms with E-state index in [-0.39, 0.29) is 5.43 Å². The van der Waals surface area contributed by atoms with Crippen LogP contribution >= 0.6 is 0 Å². The fraction of sp³-hybridized carbons (Fsp3) is 0.250. The van der Waals surface area contributed by atoms with E-state index >= 15 is 0 Å². The summed E-state index contributed by atoms with van der Waals surface area (Å²) >= 11 is 0. The summed E-state index contributed by atoms with van der Waals surface area (Å²) in [5.41, 5.74) is 2.60. The van der Waals surface area contributed by atoms with Crippen LogP contribution in [0.3, 0.4) is 0 Å². The van der Waals surface area contributed by atoms with Crippen molar-refractivity contribution in [2.24, 2.45) is 0 Å². The average molecular weight is 338 g/mol. The first-order valence-corrected chi connectivity index (χ1v) is 8.11. The van der Waals surface area contributed by atoms with E-state index in [1.807, 2.05) is 25.1 Å². The smallest absolute Gasteiger partial charge is 0.200 e. The quantitative estimate of drug-likeness (QED) is 0.710. The molecule has 1 aliphatic heterocycles. The molecule has 1 aromatic heterocycles. The standard InChI is InChI=1S/C20H18O5/c1-11-15(22-3)7-5-14-19(21)18(12(2)25-20(11)14)13-4-6-16-17(10-13)24-9-8-23-16/h4-7,10H,8-9H2,1-3H3. The Balaban J connectivity index is 1.95. The summed E-state index contributed by atoms with van der Waals surface area (Å²) in [5, 5.41) is 0.536. The Morgan fingerprint density at radius 2 is 1.76 bits per heavy atom. The highest BCUT2D eigenvalue weighted by atomic mass is 16.6. The van der Waals surface area contributed by atoms with Crippen molar-refractivity contribution in [2.45, 2.75) is 13.8 Å². The molecule has 2 heterocycles. The monoisotopic (exact) mass is 338 g/mol. The van der Waals surface area contributed by atoms with E-state index < -0.39 is 0 Å². The van der Waals surface area contributed by atoms with Gasteiger partial charge in [-0.3, -0.25) is 4.79 Å². The van der Waals surface area contributed by atoms with Crippen LogP contribution in [0, 0.1) is 13.8 Å². The van der Waals surface area contributed by atoms with Gasteiger partial charge in [-0.2, -0.15) is 0 Å². The van der Waals surface area contributed by atoms with E-state index in [4.69, 9.17) is 18.6 Å². The summed E-state index contributed by atoms with van der Waals surface area (Å²) in [4.78, 5) is 13.1. The lowest BCUT2D eigenvalue weighted by Gasteiger charge is -2.19. The van der Waals surface area contributed by atoms with Gasteiger partial charge in [0.25, 0.3) is 0 Å². The van der Waals surface area contributed by atoms with Gasteiger partial charge in [-0.05, 0) is 43.7 Å². The van der Waals surface area contributed by atoms with Crippen LogP contribution in [-0.2, 0) is 0 Å². The van der Waals surface area contributed by atoms with Crippen LogP contribution in [0.1, 0.15) is 11.3 Å². The van der Waals surface area contributed by atoms with Crippen LogP contribution in [-0.4, -0.2) is 20.3 Å². The first-order valence-electron chi connectivity index (χ1n) is 8.11. The zero-order valence-electron chi connectivity index (χ0n) is 14.3. The van der Waals surface area contributed by atoms with Crippen molar-refractivity contribution in [3.05, 3.63) is 51.9 Å². The molecule has 0 saturated carbocycles. The molecule has 0 atom stereocenters. The minimum atomic E-state index is -0.0684. The molecular formula is C20H18O5. The summed E-state index contributed by atoms with van der Waals surface area (Å²) in [5.74, 6) is 2.60. The molecule has 0 amide bonds. The summed E-state index contributed by atoms with van der Waals surface area (Å²) in [6.07, 6.45) is 0. The molecule has 0 bridgehead atoms. The predicted molar refractivity (Wildman–Crippen MR) is 94.9 cm³/mol. The Morgan fingerprint density at radius 3 is 2.52 bits per heavy atom. The molecule has 128 valence electrons. The highest BCUT2D eigenvalue weighted by Gasteiger charge is 2.19. The summed E-state index contributed by atoms with van der Waals surface area (Å²) in [6, 6.07) is 9.04. The minimum Gasteiger partial charge on any atom is -0.496 e. The van der Waals surface area contributed by atoms with Crippen molar-refractivity contribution in [1.82, 2.24) is 0 Å². The molecule has 0 spiro atoms. The fourth-order valence-corrected chi connectivity index (χ4v) is 3.24. The first-order chi connectivity index (χ1) is 12.1. The lowest BCUT2D eigenvalue weighted by Crippen LogP contribution is -2.15. The second-order valence-corrected chi connectivity index (χ2v) is 5.99. The maximum atomic E-state index is 13.1. The second-order valence-electron chi connectivity index (χ2n) is 5.99. The Hall–Kier alpha value is -2.95. The molecule has 5 nitrogen and oxygen atoms in total. The fourth-order valence-electron chi connectivity index (χ4n) is 3.24. The third-order valence-electron chi connectivity index (χ3n) is 4.49. The number of hydrogen-bond donors (Lipinski definition) is 0. The SMILES string of the molecule is COc1ccc2c(=O)c(-c3ccc4c(c3)OCCO4)c(C)oc2c1C. The zero-order chi connectivity index (χ0) is 17.6. The van der Waals surface area contributed by atoms with E-state index in [1.54, 1.807) is 26.2 Å². The van der Waals surface area contributed by atoms with Crippen molar-refractivity contribution in [1.29, 1.82) is 0 Å². The van der Waals surface area contributed by atoms with Crippen LogP contribution in [0.25, 0.3) is 22.1 Å². The minimum absolute atomic E-state index is 0.0684. The third kappa shape index (κ3) is 2.43. The Morgan fingerprint density at radius 1 is 1.00 bits per heavy atom.